The molecule has 0 unspecified atom stereocenters. The summed E-state index contributed by atoms with van der Waals surface area (Å²) in [5, 5.41) is 11.9. The van der Waals surface area contributed by atoms with Gasteiger partial charge in [0.1, 0.15) is 5.75 Å². The molecular formula is C14H12N2O4. The van der Waals surface area contributed by atoms with Gasteiger partial charge in [0.05, 0.1) is 5.56 Å². The van der Waals surface area contributed by atoms with Crippen LogP contribution in [0.25, 0.3) is 0 Å². The van der Waals surface area contributed by atoms with Crippen molar-refractivity contribution in [1.29, 1.82) is 0 Å². The van der Waals surface area contributed by atoms with Gasteiger partial charge in [-0.15, -0.1) is 0 Å². The number of para-hydroxylation sites is 2. The van der Waals surface area contributed by atoms with E-state index in [9.17, 15) is 14.7 Å². The van der Waals surface area contributed by atoms with Crippen LogP contribution in [-0.2, 0) is 4.84 Å². The van der Waals surface area contributed by atoms with Crippen LogP contribution in [0.2, 0.25) is 0 Å². The van der Waals surface area contributed by atoms with Crippen LogP contribution in [0.15, 0.2) is 54.6 Å². The van der Waals surface area contributed by atoms with E-state index in [2.05, 4.69) is 10.2 Å². The number of amides is 2. The minimum absolute atomic E-state index is 0.0139. The molecule has 0 bridgehead atoms. The number of rotatable bonds is 2. The molecule has 2 aromatic carbocycles. The molecule has 0 atom stereocenters. The molecule has 0 spiro atoms. The van der Waals surface area contributed by atoms with E-state index >= 15 is 0 Å². The van der Waals surface area contributed by atoms with Gasteiger partial charge in [0, 0.05) is 5.69 Å². The Bertz CT molecular complexity index is 614. The minimum Gasteiger partial charge on any atom is -0.507 e. The fourth-order valence-corrected chi connectivity index (χ4v) is 1.48. The summed E-state index contributed by atoms with van der Waals surface area (Å²) in [6, 6.07) is 14.6. The molecule has 0 aliphatic carbocycles. The van der Waals surface area contributed by atoms with Crippen molar-refractivity contribution in [1.82, 2.24) is 5.48 Å². The Hall–Kier alpha value is -3.02. The molecule has 0 fully saturated rings. The van der Waals surface area contributed by atoms with E-state index in [1.807, 2.05) is 5.48 Å². The van der Waals surface area contributed by atoms with Crippen LogP contribution in [-0.4, -0.2) is 17.1 Å². The summed E-state index contributed by atoms with van der Waals surface area (Å²) in [7, 11) is 0. The summed E-state index contributed by atoms with van der Waals surface area (Å²) in [6.07, 6.45) is -0.833. The summed E-state index contributed by atoms with van der Waals surface area (Å²) in [6.45, 7) is 0. The molecule has 0 saturated carbocycles. The third kappa shape index (κ3) is 3.49. The smallest absolute Gasteiger partial charge is 0.436 e. The monoisotopic (exact) mass is 272 g/mol. The van der Waals surface area contributed by atoms with Gasteiger partial charge >= 0.3 is 6.09 Å². The van der Waals surface area contributed by atoms with E-state index in [1.54, 1.807) is 42.5 Å². The van der Waals surface area contributed by atoms with Gasteiger partial charge in [0.15, 0.2) is 0 Å². The third-order valence-electron chi connectivity index (χ3n) is 2.41. The number of anilines is 1. The molecule has 2 rings (SSSR count). The molecule has 6 heteroatoms. The van der Waals surface area contributed by atoms with Crippen molar-refractivity contribution in [3.63, 3.8) is 0 Å². The van der Waals surface area contributed by atoms with Crippen molar-refractivity contribution < 1.29 is 19.5 Å². The van der Waals surface area contributed by atoms with Gasteiger partial charge in [0.2, 0.25) is 0 Å². The van der Waals surface area contributed by atoms with E-state index in [1.165, 1.54) is 12.1 Å². The number of phenols is 1. The lowest BCUT2D eigenvalue weighted by atomic mass is 10.2. The lowest BCUT2D eigenvalue weighted by Crippen LogP contribution is -2.29. The Kier molecular flexibility index (Phi) is 4.18. The van der Waals surface area contributed by atoms with Gasteiger partial charge in [-0.05, 0) is 24.3 Å². The lowest BCUT2D eigenvalue weighted by molar-refractivity contribution is 0.0612. The molecule has 0 saturated heterocycles. The molecule has 0 aromatic heterocycles. The maximum absolute atomic E-state index is 11.6. The third-order valence-corrected chi connectivity index (χ3v) is 2.41. The molecule has 6 nitrogen and oxygen atoms in total. The predicted octanol–water partition coefficient (Wildman–Crippen LogP) is 2.29. The second-order valence-electron chi connectivity index (χ2n) is 3.83. The highest BCUT2D eigenvalue weighted by Gasteiger charge is 2.12. The predicted molar refractivity (Wildman–Crippen MR) is 72.1 cm³/mol. The van der Waals surface area contributed by atoms with Crippen LogP contribution >= 0.6 is 0 Å². The Labute approximate surface area is 115 Å². The van der Waals surface area contributed by atoms with Gasteiger partial charge in [-0.2, -0.15) is 5.48 Å². The van der Waals surface area contributed by atoms with E-state index < -0.39 is 12.0 Å². The van der Waals surface area contributed by atoms with E-state index in [-0.39, 0.29) is 11.3 Å². The summed E-state index contributed by atoms with van der Waals surface area (Å²) in [5.41, 5.74) is 2.50. The quantitative estimate of drug-likeness (QED) is 0.732. The van der Waals surface area contributed by atoms with Crippen molar-refractivity contribution in [2.45, 2.75) is 0 Å². The summed E-state index contributed by atoms with van der Waals surface area (Å²) in [5.74, 6) is -0.914. The number of hydroxylamine groups is 1. The summed E-state index contributed by atoms with van der Waals surface area (Å²) >= 11 is 0. The first-order valence-electron chi connectivity index (χ1n) is 5.78. The molecule has 2 amide bonds. The van der Waals surface area contributed by atoms with Crippen LogP contribution in [0, 0.1) is 0 Å². The molecule has 0 heterocycles. The minimum atomic E-state index is -0.833. The second kappa shape index (κ2) is 6.24. The van der Waals surface area contributed by atoms with Gasteiger partial charge < -0.3 is 9.94 Å². The first kappa shape index (κ1) is 13.4. The summed E-state index contributed by atoms with van der Waals surface area (Å²) < 4.78 is 0. The number of phenolic OH excluding ortho intramolecular Hbond substituents is 1. The summed E-state index contributed by atoms with van der Waals surface area (Å²) in [4.78, 5) is 27.6. The average Bonchev–Trinajstić information content (AvgIpc) is 2.46. The lowest BCUT2D eigenvalue weighted by Gasteiger charge is -2.08. The number of hydrogen-bond donors (Lipinski definition) is 3. The number of carbonyl (C=O) groups is 2. The SMILES string of the molecule is O=C(Nc1ccccc1)ONC(=O)c1ccccc1O. The molecule has 2 aromatic rings. The highest BCUT2D eigenvalue weighted by atomic mass is 16.7. The Morgan fingerprint density at radius 1 is 0.950 bits per heavy atom. The maximum Gasteiger partial charge on any atom is 0.436 e. The maximum atomic E-state index is 11.6. The standard InChI is InChI=1S/C14H12N2O4/c17-12-9-5-4-8-11(12)13(18)16-20-14(19)15-10-6-2-1-3-7-10/h1-9,17H,(H,15,19)(H,16,18). The zero-order valence-corrected chi connectivity index (χ0v) is 10.4. The van der Waals surface area contributed by atoms with Crippen LogP contribution in [0.5, 0.6) is 5.75 Å². The second-order valence-corrected chi connectivity index (χ2v) is 3.83. The van der Waals surface area contributed by atoms with Crippen molar-refractivity contribution in [2.75, 3.05) is 5.32 Å². The van der Waals surface area contributed by atoms with Crippen LogP contribution in [0.1, 0.15) is 10.4 Å². The van der Waals surface area contributed by atoms with E-state index in [0.717, 1.165) is 0 Å². The molecule has 102 valence electrons. The molecule has 0 aliphatic rings. The van der Waals surface area contributed by atoms with Crippen molar-refractivity contribution in [3.05, 3.63) is 60.2 Å². The first-order chi connectivity index (χ1) is 9.66. The zero-order chi connectivity index (χ0) is 14.4. The average molecular weight is 272 g/mol. The molecular weight excluding hydrogens is 260 g/mol. The fraction of sp³-hybridized carbons (Fsp3) is 0. The Balaban J connectivity index is 1.88. The highest BCUT2D eigenvalue weighted by molar-refractivity contribution is 5.97. The van der Waals surface area contributed by atoms with Crippen LogP contribution in [0.3, 0.4) is 0 Å². The number of nitrogens with one attached hydrogen (secondary N) is 2. The van der Waals surface area contributed by atoms with Gasteiger partial charge in [-0.25, -0.2) is 4.79 Å². The number of benzene rings is 2. The fourth-order valence-electron chi connectivity index (χ4n) is 1.48. The number of aromatic hydroxyl groups is 1. The van der Waals surface area contributed by atoms with Gasteiger partial charge in [-0.1, -0.05) is 30.3 Å². The van der Waals surface area contributed by atoms with Crippen LogP contribution < -0.4 is 10.8 Å². The normalized spacial score (nSPS) is 9.60. The first-order valence-corrected chi connectivity index (χ1v) is 5.78. The van der Waals surface area contributed by atoms with Crippen LogP contribution in [0.4, 0.5) is 10.5 Å². The van der Waals surface area contributed by atoms with Crippen molar-refractivity contribution >= 4 is 17.7 Å². The number of carbonyl (C=O) groups excluding carboxylic acids is 2. The van der Waals surface area contributed by atoms with Crippen molar-refractivity contribution in [2.24, 2.45) is 0 Å². The zero-order valence-electron chi connectivity index (χ0n) is 10.4. The molecule has 3 N–H and O–H groups in total. The Morgan fingerprint density at radius 2 is 1.60 bits per heavy atom. The van der Waals surface area contributed by atoms with E-state index in [4.69, 9.17) is 0 Å². The van der Waals surface area contributed by atoms with Gasteiger partial charge in [-0.3, -0.25) is 10.1 Å². The largest absolute Gasteiger partial charge is 0.507 e. The topological polar surface area (TPSA) is 87.7 Å². The molecule has 20 heavy (non-hydrogen) atoms. The van der Waals surface area contributed by atoms with Gasteiger partial charge in [0.25, 0.3) is 5.91 Å². The highest BCUT2D eigenvalue weighted by Crippen LogP contribution is 2.15. The molecule has 0 radical (unpaired) electrons. The molecule has 0 aliphatic heterocycles. The van der Waals surface area contributed by atoms with E-state index in [0.29, 0.717) is 5.69 Å². The van der Waals surface area contributed by atoms with Crippen molar-refractivity contribution in [3.8, 4) is 5.75 Å². The Morgan fingerprint density at radius 3 is 2.30 bits per heavy atom. The number of hydrogen-bond acceptors (Lipinski definition) is 4.